The summed E-state index contributed by atoms with van der Waals surface area (Å²) in [5, 5.41) is 0. The molecule has 0 saturated heterocycles. The number of nitrogens with zero attached hydrogens (tertiary/aromatic N) is 1. The SMILES string of the molecule is COc1ccn(CC2(COC3CCC(N)CC3)C=CC=CC2)c1. The Morgan fingerprint density at radius 1 is 1.26 bits per heavy atom. The zero-order chi connectivity index (χ0) is 16.1. The summed E-state index contributed by atoms with van der Waals surface area (Å²) in [6.07, 6.45) is 18.7. The maximum Gasteiger partial charge on any atom is 0.136 e. The van der Waals surface area contributed by atoms with Crippen LogP contribution in [0.25, 0.3) is 0 Å². The lowest BCUT2D eigenvalue weighted by atomic mass is 9.82. The number of rotatable bonds is 6. The van der Waals surface area contributed by atoms with Gasteiger partial charge in [0, 0.05) is 30.4 Å². The molecule has 2 N–H and O–H groups in total. The first-order chi connectivity index (χ1) is 11.2. The summed E-state index contributed by atoms with van der Waals surface area (Å²) < 4.78 is 13.8. The first-order valence-electron chi connectivity index (χ1n) is 8.60. The molecule has 1 saturated carbocycles. The van der Waals surface area contributed by atoms with Gasteiger partial charge >= 0.3 is 0 Å². The quantitative estimate of drug-likeness (QED) is 0.876. The molecular weight excluding hydrogens is 288 g/mol. The number of ether oxygens (including phenoxy) is 2. The first-order valence-corrected chi connectivity index (χ1v) is 8.60. The van der Waals surface area contributed by atoms with Crippen molar-refractivity contribution in [3.8, 4) is 5.75 Å². The van der Waals surface area contributed by atoms with E-state index in [0.29, 0.717) is 12.1 Å². The summed E-state index contributed by atoms with van der Waals surface area (Å²) in [4.78, 5) is 0. The van der Waals surface area contributed by atoms with E-state index in [-0.39, 0.29) is 5.41 Å². The van der Waals surface area contributed by atoms with Crippen LogP contribution in [0.5, 0.6) is 5.75 Å². The molecule has 0 bridgehead atoms. The van der Waals surface area contributed by atoms with Gasteiger partial charge < -0.3 is 19.8 Å². The summed E-state index contributed by atoms with van der Waals surface area (Å²) in [5.41, 5.74) is 6.01. The Kier molecular flexibility index (Phi) is 5.23. The average Bonchev–Trinajstić information content (AvgIpc) is 3.03. The molecule has 2 aliphatic carbocycles. The van der Waals surface area contributed by atoms with E-state index in [4.69, 9.17) is 15.2 Å². The Morgan fingerprint density at radius 3 is 2.74 bits per heavy atom. The second-order valence-electron chi connectivity index (χ2n) is 6.93. The van der Waals surface area contributed by atoms with Crippen molar-refractivity contribution in [3.05, 3.63) is 42.8 Å². The van der Waals surface area contributed by atoms with Crippen LogP contribution in [-0.4, -0.2) is 30.4 Å². The summed E-state index contributed by atoms with van der Waals surface area (Å²) in [6.45, 7) is 1.66. The molecule has 126 valence electrons. The van der Waals surface area contributed by atoms with Gasteiger partial charge in [-0.2, -0.15) is 0 Å². The van der Waals surface area contributed by atoms with E-state index in [9.17, 15) is 0 Å². The molecular formula is C19H28N2O2. The third-order valence-corrected chi connectivity index (χ3v) is 5.00. The van der Waals surface area contributed by atoms with E-state index >= 15 is 0 Å². The Balaban J connectivity index is 1.62. The number of hydrogen-bond acceptors (Lipinski definition) is 3. The lowest BCUT2D eigenvalue weighted by Gasteiger charge is -2.35. The summed E-state index contributed by atoms with van der Waals surface area (Å²) in [7, 11) is 1.70. The molecule has 23 heavy (non-hydrogen) atoms. The van der Waals surface area contributed by atoms with Gasteiger partial charge in [-0.25, -0.2) is 0 Å². The largest absolute Gasteiger partial charge is 0.495 e. The van der Waals surface area contributed by atoms with Crippen LogP contribution in [0.15, 0.2) is 42.8 Å². The zero-order valence-electron chi connectivity index (χ0n) is 14.0. The first kappa shape index (κ1) is 16.3. The van der Waals surface area contributed by atoms with E-state index < -0.39 is 0 Å². The van der Waals surface area contributed by atoms with Gasteiger partial charge in [0.15, 0.2) is 0 Å². The van der Waals surface area contributed by atoms with Crippen LogP contribution in [0.2, 0.25) is 0 Å². The van der Waals surface area contributed by atoms with Gasteiger partial charge in [-0.05, 0) is 38.2 Å². The minimum absolute atomic E-state index is 0.0261. The molecule has 3 rings (SSSR count). The van der Waals surface area contributed by atoms with Gasteiger partial charge in [-0.1, -0.05) is 24.3 Å². The standard InChI is InChI=1S/C19H28N2O2/c1-22-18-9-12-21(13-18)14-19(10-3-2-4-11-19)15-23-17-7-5-16(20)6-8-17/h2-4,9-10,12-13,16-17H,5-8,11,14-15,20H2,1H3. The molecule has 0 aliphatic heterocycles. The molecule has 0 amide bonds. The second-order valence-corrected chi connectivity index (χ2v) is 6.93. The highest BCUT2D eigenvalue weighted by Crippen LogP contribution is 2.33. The van der Waals surface area contributed by atoms with Crippen molar-refractivity contribution >= 4 is 0 Å². The molecule has 1 atom stereocenters. The number of aromatic nitrogens is 1. The molecule has 1 unspecified atom stereocenters. The Hall–Kier alpha value is -1.52. The monoisotopic (exact) mass is 316 g/mol. The predicted octanol–water partition coefficient (Wildman–Crippen LogP) is 3.29. The van der Waals surface area contributed by atoms with Crippen LogP contribution in [-0.2, 0) is 11.3 Å². The molecule has 4 nitrogen and oxygen atoms in total. The van der Waals surface area contributed by atoms with Crippen molar-refractivity contribution in [1.82, 2.24) is 4.57 Å². The molecule has 4 heteroatoms. The van der Waals surface area contributed by atoms with E-state index in [1.54, 1.807) is 7.11 Å². The molecule has 2 aliphatic rings. The van der Waals surface area contributed by atoms with Crippen LogP contribution in [0.1, 0.15) is 32.1 Å². The molecule has 1 fully saturated rings. The van der Waals surface area contributed by atoms with Gasteiger partial charge in [0.25, 0.3) is 0 Å². The van der Waals surface area contributed by atoms with E-state index in [1.807, 2.05) is 12.3 Å². The van der Waals surface area contributed by atoms with Crippen molar-refractivity contribution in [1.29, 1.82) is 0 Å². The van der Waals surface area contributed by atoms with Gasteiger partial charge in [0.1, 0.15) is 5.75 Å². The molecule has 0 spiro atoms. The highest BCUT2D eigenvalue weighted by molar-refractivity contribution is 5.20. The van der Waals surface area contributed by atoms with Crippen LogP contribution < -0.4 is 10.5 Å². The predicted molar refractivity (Wildman–Crippen MR) is 92.5 cm³/mol. The van der Waals surface area contributed by atoms with Gasteiger partial charge in [-0.3, -0.25) is 0 Å². The molecule has 1 heterocycles. The molecule has 1 aromatic rings. The fraction of sp³-hybridized carbons (Fsp3) is 0.579. The van der Waals surface area contributed by atoms with Crippen molar-refractivity contribution in [3.63, 3.8) is 0 Å². The van der Waals surface area contributed by atoms with E-state index in [1.165, 1.54) is 0 Å². The number of allylic oxidation sites excluding steroid dienone is 3. The molecule has 0 aromatic carbocycles. The van der Waals surface area contributed by atoms with Gasteiger partial charge in [0.05, 0.1) is 19.8 Å². The van der Waals surface area contributed by atoms with Crippen molar-refractivity contribution in [2.45, 2.75) is 50.8 Å². The highest BCUT2D eigenvalue weighted by atomic mass is 16.5. The van der Waals surface area contributed by atoms with Gasteiger partial charge in [0.2, 0.25) is 0 Å². The normalized spacial score (nSPS) is 30.5. The van der Waals surface area contributed by atoms with Crippen molar-refractivity contribution in [2.24, 2.45) is 11.1 Å². The molecule has 1 aromatic heterocycles. The lowest BCUT2D eigenvalue weighted by Crippen LogP contribution is -2.35. The summed E-state index contributed by atoms with van der Waals surface area (Å²) in [5.74, 6) is 0.901. The number of hydrogen-bond donors (Lipinski definition) is 1. The third kappa shape index (κ3) is 4.27. The fourth-order valence-electron chi connectivity index (χ4n) is 3.52. The van der Waals surface area contributed by atoms with Crippen molar-refractivity contribution in [2.75, 3.05) is 13.7 Å². The van der Waals surface area contributed by atoms with E-state index in [2.05, 4.69) is 35.1 Å². The Labute approximate surface area is 139 Å². The Morgan fingerprint density at radius 2 is 2.09 bits per heavy atom. The van der Waals surface area contributed by atoms with E-state index in [0.717, 1.165) is 51.0 Å². The summed E-state index contributed by atoms with van der Waals surface area (Å²) in [6, 6.07) is 2.37. The fourth-order valence-corrected chi connectivity index (χ4v) is 3.52. The van der Waals surface area contributed by atoms with Crippen LogP contribution >= 0.6 is 0 Å². The maximum atomic E-state index is 6.29. The lowest BCUT2D eigenvalue weighted by molar-refractivity contribution is -0.0176. The smallest absolute Gasteiger partial charge is 0.136 e. The highest BCUT2D eigenvalue weighted by Gasteiger charge is 2.30. The minimum atomic E-state index is 0.0261. The maximum absolute atomic E-state index is 6.29. The van der Waals surface area contributed by atoms with Crippen LogP contribution in [0.4, 0.5) is 0 Å². The third-order valence-electron chi connectivity index (χ3n) is 5.00. The summed E-state index contributed by atoms with van der Waals surface area (Å²) >= 11 is 0. The van der Waals surface area contributed by atoms with Crippen LogP contribution in [0.3, 0.4) is 0 Å². The number of methoxy groups -OCH3 is 1. The second kappa shape index (κ2) is 7.37. The van der Waals surface area contributed by atoms with Crippen LogP contribution in [0, 0.1) is 5.41 Å². The van der Waals surface area contributed by atoms with Crippen molar-refractivity contribution < 1.29 is 9.47 Å². The molecule has 0 radical (unpaired) electrons. The zero-order valence-corrected chi connectivity index (χ0v) is 14.0. The Bertz CT molecular complexity index is 555. The average molecular weight is 316 g/mol. The topological polar surface area (TPSA) is 49.4 Å². The van der Waals surface area contributed by atoms with Gasteiger partial charge in [-0.15, -0.1) is 0 Å². The number of nitrogens with two attached hydrogens (primary N) is 1. The minimum Gasteiger partial charge on any atom is -0.495 e.